The van der Waals surface area contributed by atoms with Gasteiger partial charge >= 0.3 is 0 Å². The van der Waals surface area contributed by atoms with Crippen LogP contribution in [0.3, 0.4) is 0 Å². The van der Waals surface area contributed by atoms with Crippen LogP contribution in [0.25, 0.3) is 27.5 Å². The SMILES string of the molecule is Cc1ccc(-c2csc3nc(-c4ccc(N)cc4)cn23)c(C)c1. The number of anilines is 1. The lowest BCUT2D eigenvalue weighted by molar-refractivity contribution is 1.22. The minimum atomic E-state index is 0.769. The molecule has 2 N–H and O–H groups in total. The molecule has 0 bridgehead atoms. The highest BCUT2D eigenvalue weighted by molar-refractivity contribution is 7.15. The van der Waals surface area contributed by atoms with Gasteiger partial charge in [-0.2, -0.15) is 0 Å². The molecular formula is C19H17N3S. The Morgan fingerprint density at radius 1 is 1.04 bits per heavy atom. The van der Waals surface area contributed by atoms with E-state index in [1.165, 1.54) is 22.4 Å². The third-order valence-corrected chi connectivity index (χ3v) is 4.91. The number of fused-ring (bicyclic) bond motifs is 1. The summed E-state index contributed by atoms with van der Waals surface area (Å²) in [5, 5.41) is 2.17. The fourth-order valence-electron chi connectivity index (χ4n) is 2.87. The van der Waals surface area contributed by atoms with E-state index in [4.69, 9.17) is 10.7 Å². The summed E-state index contributed by atoms with van der Waals surface area (Å²) in [5.74, 6) is 0. The van der Waals surface area contributed by atoms with Crippen LogP contribution in [0.15, 0.2) is 54.0 Å². The molecule has 0 aliphatic carbocycles. The maximum absolute atomic E-state index is 5.77. The predicted octanol–water partition coefficient (Wildman–Crippen LogP) is 4.93. The highest BCUT2D eigenvalue weighted by atomic mass is 32.1. The van der Waals surface area contributed by atoms with Crippen molar-refractivity contribution < 1.29 is 0 Å². The van der Waals surface area contributed by atoms with E-state index in [0.29, 0.717) is 0 Å². The number of hydrogen-bond acceptors (Lipinski definition) is 3. The minimum absolute atomic E-state index is 0.769. The lowest BCUT2D eigenvalue weighted by Crippen LogP contribution is -1.88. The van der Waals surface area contributed by atoms with Gasteiger partial charge in [0.1, 0.15) is 0 Å². The third kappa shape index (κ3) is 2.41. The van der Waals surface area contributed by atoms with E-state index in [1.54, 1.807) is 11.3 Å². The number of aryl methyl sites for hydroxylation is 2. The average Bonchev–Trinajstić information content (AvgIpc) is 3.09. The molecule has 0 radical (unpaired) electrons. The zero-order valence-corrected chi connectivity index (χ0v) is 13.9. The highest BCUT2D eigenvalue weighted by Crippen LogP contribution is 2.31. The second-order valence-electron chi connectivity index (χ2n) is 5.84. The van der Waals surface area contributed by atoms with Gasteiger partial charge in [0.05, 0.1) is 11.4 Å². The predicted molar refractivity (Wildman–Crippen MR) is 97.8 cm³/mol. The number of nitrogens with zero attached hydrogens (tertiary/aromatic N) is 2. The Labute approximate surface area is 139 Å². The molecule has 0 aliphatic heterocycles. The minimum Gasteiger partial charge on any atom is -0.399 e. The summed E-state index contributed by atoms with van der Waals surface area (Å²) in [4.78, 5) is 5.75. The molecule has 114 valence electrons. The van der Waals surface area contributed by atoms with E-state index in [-0.39, 0.29) is 0 Å². The van der Waals surface area contributed by atoms with Crippen LogP contribution in [0.4, 0.5) is 5.69 Å². The van der Waals surface area contributed by atoms with Gasteiger partial charge in [-0.1, -0.05) is 35.9 Å². The Morgan fingerprint density at radius 2 is 1.83 bits per heavy atom. The topological polar surface area (TPSA) is 43.3 Å². The number of nitrogen functional groups attached to an aromatic ring is 1. The first-order chi connectivity index (χ1) is 11.1. The van der Waals surface area contributed by atoms with Gasteiger partial charge in [-0.3, -0.25) is 4.40 Å². The summed E-state index contributed by atoms with van der Waals surface area (Å²) in [6.07, 6.45) is 2.10. The smallest absolute Gasteiger partial charge is 0.194 e. The molecular weight excluding hydrogens is 302 g/mol. The molecule has 0 amide bonds. The van der Waals surface area contributed by atoms with E-state index in [1.807, 2.05) is 24.3 Å². The second kappa shape index (κ2) is 5.25. The molecule has 4 rings (SSSR count). The van der Waals surface area contributed by atoms with Gasteiger partial charge < -0.3 is 5.73 Å². The summed E-state index contributed by atoms with van der Waals surface area (Å²) in [5.41, 5.74) is 13.6. The van der Waals surface area contributed by atoms with Gasteiger partial charge in [0.2, 0.25) is 0 Å². The van der Waals surface area contributed by atoms with Crippen molar-refractivity contribution >= 4 is 22.0 Å². The Bertz CT molecular complexity index is 993. The largest absolute Gasteiger partial charge is 0.399 e. The van der Waals surface area contributed by atoms with Crippen molar-refractivity contribution in [3.63, 3.8) is 0 Å². The van der Waals surface area contributed by atoms with Crippen LogP contribution in [-0.4, -0.2) is 9.38 Å². The molecule has 4 heteroatoms. The first-order valence-corrected chi connectivity index (χ1v) is 8.40. The van der Waals surface area contributed by atoms with Crippen molar-refractivity contribution in [2.75, 3.05) is 5.73 Å². The zero-order valence-electron chi connectivity index (χ0n) is 13.1. The Morgan fingerprint density at radius 3 is 2.57 bits per heavy atom. The van der Waals surface area contributed by atoms with Crippen LogP contribution in [0.1, 0.15) is 11.1 Å². The van der Waals surface area contributed by atoms with Crippen LogP contribution >= 0.6 is 11.3 Å². The lowest BCUT2D eigenvalue weighted by Gasteiger charge is -2.05. The van der Waals surface area contributed by atoms with Gasteiger partial charge in [0.15, 0.2) is 4.96 Å². The number of rotatable bonds is 2. The molecule has 2 aromatic heterocycles. The zero-order chi connectivity index (χ0) is 16.0. The normalized spacial score (nSPS) is 11.2. The summed E-state index contributed by atoms with van der Waals surface area (Å²) in [7, 11) is 0. The van der Waals surface area contributed by atoms with Crippen molar-refractivity contribution in [3.8, 4) is 22.5 Å². The van der Waals surface area contributed by atoms with Gasteiger partial charge in [-0.15, -0.1) is 11.3 Å². The molecule has 0 spiro atoms. The lowest BCUT2D eigenvalue weighted by atomic mass is 10.0. The van der Waals surface area contributed by atoms with Gasteiger partial charge in [0.25, 0.3) is 0 Å². The molecule has 2 aromatic carbocycles. The first kappa shape index (κ1) is 14.0. The van der Waals surface area contributed by atoms with Crippen LogP contribution in [0.2, 0.25) is 0 Å². The number of thiazole rings is 1. The molecule has 0 saturated heterocycles. The molecule has 4 aromatic rings. The van der Waals surface area contributed by atoms with Crippen LogP contribution < -0.4 is 5.73 Å². The van der Waals surface area contributed by atoms with Crippen molar-refractivity contribution in [1.82, 2.24) is 9.38 Å². The highest BCUT2D eigenvalue weighted by Gasteiger charge is 2.12. The van der Waals surface area contributed by atoms with Gasteiger partial charge in [-0.25, -0.2) is 4.98 Å². The standard InChI is InChI=1S/C19H17N3S/c1-12-3-8-16(13(2)9-12)18-11-23-19-21-17(10-22(18)19)14-4-6-15(20)7-5-14/h3-11H,20H2,1-2H3. The fourth-order valence-corrected chi connectivity index (χ4v) is 3.74. The molecule has 23 heavy (non-hydrogen) atoms. The summed E-state index contributed by atoms with van der Waals surface area (Å²) in [6, 6.07) is 14.4. The molecule has 3 nitrogen and oxygen atoms in total. The number of aromatic nitrogens is 2. The molecule has 0 atom stereocenters. The molecule has 0 unspecified atom stereocenters. The van der Waals surface area contributed by atoms with Crippen molar-refractivity contribution in [3.05, 3.63) is 65.2 Å². The number of nitrogens with two attached hydrogens (primary N) is 1. The molecule has 0 aliphatic rings. The molecule has 0 fully saturated rings. The summed E-state index contributed by atoms with van der Waals surface area (Å²) >= 11 is 1.67. The molecule has 2 heterocycles. The van der Waals surface area contributed by atoms with Crippen molar-refractivity contribution in [2.24, 2.45) is 0 Å². The van der Waals surface area contributed by atoms with Crippen LogP contribution in [0, 0.1) is 13.8 Å². The van der Waals surface area contributed by atoms with Gasteiger partial charge in [-0.05, 0) is 31.5 Å². The third-order valence-electron chi connectivity index (χ3n) is 4.07. The van der Waals surface area contributed by atoms with E-state index in [2.05, 4.69) is 48.0 Å². The Balaban J connectivity index is 1.85. The van der Waals surface area contributed by atoms with E-state index < -0.39 is 0 Å². The maximum Gasteiger partial charge on any atom is 0.194 e. The van der Waals surface area contributed by atoms with Crippen LogP contribution in [0.5, 0.6) is 0 Å². The monoisotopic (exact) mass is 319 g/mol. The Hall–Kier alpha value is -2.59. The summed E-state index contributed by atoms with van der Waals surface area (Å²) < 4.78 is 2.17. The first-order valence-electron chi connectivity index (χ1n) is 7.52. The summed E-state index contributed by atoms with van der Waals surface area (Å²) in [6.45, 7) is 4.28. The van der Waals surface area contributed by atoms with Crippen LogP contribution in [-0.2, 0) is 0 Å². The Kier molecular flexibility index (Phi) is 3.20. The van der Waals surface area contributed by atoms with Crippen molar-refractivity contribution in [2.45, 2.75) is 13.8 Å². The number of hydrogen-bond donors (Lipinski definition) is 1. The average molecular weight is 319 g/mol. The van der Waals surface area contributed by atoms with E-state index in [0.717, 1.165) is 21.9 Å². The van der Waals surface area contributed by atoms with Gasteiger partial charge in [0, 0.05) is 28.4 Å². The fraction of sp³-hybridized carbons (Fsp3) is 0.105. The molecule has 0 saturated carbocycles. The van der Waals surface area contributed by atoms with E-state index >= 15 is 0 Å². The quantitative estimate of drug-likeness (QED) is 0.532. The maximum atomic E-state index is 5.77. The van der Waals surface area contributed by atoms with E-state index in [9.17, 15) is 0 Å². The van der Waals surface area contributed by atoms with Crippen molar-refractivity contribution in [1.29, 1.82) is 0 Å². The number of imidazole rings is 1. The number of benzene rings is 2. The second-order valence-corrected chi connectivity index (χ2v) is 6.68.